The molecule has 0 atom stereocenters. The molecular weight excluding hydrogens is 260 g/mol. The minimum atomic E-state index is 0.0652. The average Bonchev–Trinajstić information content (AvgIpc) is 2.83. The first-order valence-electron chi connectivity index (χ1n) is 5.59. The summed E-state index contributed by atoms with van der Waals surface area (Å²) in [4.78, 5) is 14.4. The van der Waals surface area contributed by atoms with Gasteiger partial charge in [0, 0.05) is 27.0 Å². The summed E-state index contributed by atoms with van der Waals surface area (Å²) in [5.74, 6) is 0.0652. The number of carbonyl (C=O) groups excluding carboxylic acids is 1. The predicted octanol–water partition coefficient (Wildman–Crippen LogP) is 4.66. The minimum Gasteiger partial charge on any atom is -0.289 e. The van der Waals surface area contributed by atoms with Gasteiger partial charge in [0.2, 0.25) is 0 Å². The Bertz CT molecular complexity index is 617. The van der Waals surface area contributed by atoms with Crippen molar-refractivity contribution in [1.82, 2.24) is 0 Å². The minimum absolute atomic E-state index is 0.0652. The van der Waals surface area contributed by atoms with Crippen molar-refractivity contribution in [3.63, 3.8) is 0 Å². The van der Waals surface area contributed by atoms with Crippen LogP contribution >= 0.6 is 21.6 Å². The summed E-state index contributed by atoms with van der Waals surface area (Å²) in [6.45, 7) is 0. The molecule has 3 rings (SSSR count). The molecule has 0 fully saturated rings. The van der Waals surface area contributed by atoms with Crippen molar-refractivity contribution in [3.8, 4) is 0 Å². The maximum atomic E-state index is 12.1. The maximum Gasteiger partial charge on any atom is 0.186 e. The quantitative estimate of drug-likeness (QED) is 0.448. The smallest absolute Gasteiger partial charge is 0.186 e. The number of fused-ring (bicyclic) bond motifs is 1. The standard InChI is InChI=1S/C15H10OS2/c16-13(11-6-2-1-3-7-11)10-15-12-8-4-5-9-14(12)17-18-15/h1-10H/b15-10-. The van der Waals surface area contributed by atoms with Gasteiger partial charge in [-0.05, 0) is 6.07 Å². The fourth-order valence-electron chi connectivity index (χ4n) is 1.78. The molecule has 2 aromatic carbocycles. The molecule has 1 aliphatic heterocycles. The van der Waals surface area contributed by atoms with E-state index in [4.69, 9.17) is 0 Å². The molecule has 0 unspecified atom stereocenters. The van der Waals surface area contributed by atoms with Crippen LogP contribution in [0.3, 0.4) is 0 Å². The van der Waals surface area contributed by atoms with Crippen LogP contribution in [0.25, 0.3) is 4.91 Å². The zero-order valence-corrected chi connectivity index (χ0v) is 11.1. The van der Waals surface area contributed by atoms with Crippen LogP contribution in [0.15, 0.2) is 65.6 Å². The van der Waals surface area contributed by atoms with Crippen LogP contribution in [-0.4, -0.2) is 5.78 Å². The first-order valence-corrected chi connectivity index (χ1v) is 7.74. The summed E-state index contributed by atoms with van der Waals surface area (Å²) in [7, 11) is 3.36. The highest BCUT2D eigenvalue weighted by molar-refractivity contribution is 8.80. The lowest BCUT2D eigenvalue weighted by atomic mass is 10.1. The Hall–Kier alpha value is -1.45. The Morgan fingerprint density at radius 1 is 0.889 bits per heavy atom. The molecule has 2 aromatic rings. The molecule has 18 heavy (non-hydrogen) atoms. The fourth-order valence-corrected chi connectivity index (χ4v) is 4.24. The van der Waals surface area contributed by atoms with Gasteiger partial charge in [-0.25, -0.2) is 0 Å². The molecule has 0 aliphatic carbocycles. The highest BCUT2D eigenvalue weighted by atomic mass is 33.1. The Morgan fingerprint density at radius 3 is 2.44 bits per heavy atom. The molecule has 0 spiro atoms. The van der Waals surface area contributed by atoms with Crippen LogP contribution in [0.4, 0.5) is 0 Å². The molecule has 1 aliphatic rings. The van der Waals surface area contributed by atoms with Gasteiger partial charge in [0.05, 0.1) is 0 Å². The average molecular weight is 270 g/mol. The molecule has 0 amide bonds. The lowest BCUT2D eigenvalue weighted by Gasteiger charge is -1.98. The molecule has 0 radical (unpaired) electrons. The number of hydrogen-bond donors (Lipinski definition) is 0. The van der Waals surface area contributed by atoms with Crippen molar-refractivity contribution in [3.05, 3.63) is 71.8 Å². The van der Waals surface area contributed by atoms with Crippen LogP contribution in [-0.2, 0) is 0 Å². The first-order chi connectivity index (χ1) is 8.84. The van der Waals surface area contributed by atoms with Gasteiger partial charge in [0.15, 0.2) is 5.78 Å². The topological polar surface area (TPSA) is 17.1 Å². The lowest BCUT2D eigenvalue weighted by Crippen LogP contribution is -1.94. The van der Waals surface area contributed by atoms with E-state index in [0.29, 0.717) is 0 Å². The van der Waals surface area contributed by atoms with Crippen molar-refractivity contribution in [2.75, 3.05) is 0 Å². The Labute approximate surface area is 114 Å². The monoisotopic (exact) mass is 270 g/mol. The molecule has 0 N–H and O–H groups in total. The summed E-state index contributed by atoms with van der Waals surface area (Å²) >= 11 is 0. The van der Waals surface area contributed by atoms with Crippen LogP contribution in [0.5, 0.6) is 0 Å². The van der Waals surface area contributed by atoms with Gasteiger partial charge >= 0.3 is 0 Å². The van der Waals surface area contributed by atoms with Gasteiger partial charge in [-0.2, -0.15) is 0 Å². The predicted molar refractivity (Wildman–Crippen MR) is 78.6 cm³/mol. The van der Waals surface area contributed by atoms with Crippen LogP contribution in [0, 0.1) is 0 Å². The summed E-state index contributed by atoms with van der Waals surface area (Å²) in [5.41, 5.74) is 1.90. The highest BCUT2D eigenvalue weighted by Gasteiger charge is 2.18. The molecule has 0 saturated heterocycles. The molecule has 3 heteroatoms. The van der Waals surface area contributed by atoms with E-state index in [1.807, 2.05) is 42.5 Å². The fraction of sp³-hybridized carbons (Fsp3) is 0. The van der Waals surface area contributed by atoms with Gasteiger partial charge in [0.1, 0.15) is 0 Å². The third-order valence-electron chi connectivity index (χ3n) is 2.69. The first kappa shape index (κ1) is 11.6. The van der Waals surface area contributed by atoms with Gasteiger partial charge in [0.25, 0.3) is 0 Å². The van der Waals surface area contributed by atoms with Crippen molar-refractivity contribution < 1.29 is 4.79 Å². The molecular formula is C15H10OS2. The van der Waals surface area contributed by atoms with E-state index in [0.717, 1.165) is 16.0 Å². The number of benzene rings is 2. The van der Waals surface area contributed by atoms with Gasteiger partial charge in [-0.15, -0.1) is 0 Å². The number of allylic oxidation sites excluding steroid dienone is 1. The lowest BCUT2D eigenvalue weighted by molar-refractivity contribution is 0.104. The second-order valence-electron chi connectivity index (χ2n) is 3.90. The second-order valence-corrected chi connectivity index (χ2v) is 6.11. The molecule has 1 nitrogen and oxygen atoms in total. The summed E-state index contributed by atoms with van der Waals surface area (Å²) in [5, 5.41) is 0. The highest BCUT2D eigenvalue weighted by Crippen LogP contribution is 2.52. The molecule has 1 heterocycles. The summed E-state index contributed by atoms with van der Waals surface area (Å²) in [6, 6.07) is 17.6. The number of ketones is 1. The third kappa shape index (κ3) is 2.24. The van der Waals surface area contributed by atoms with Gasteiger partial charge in [-0.1, -0.05) is 70.1 Å². The number of carbonyl (C=O) groups is 1. The van der Waals surface area contributed by atoms with E-state index in [1.165, 1.54) is 4.90 Å². The normalized spacial score (nSPS) is 15.7. The molecule has 0 bridgehead atoms. The van der Waals surface area contributed by atoms with E-state index < -0.39 is 0 Å². The molecule has 0 saturated carbocycles. The van der Waals surface area contributed by atoms with Crippen molar-refractivity contribution in [1.29, 1.82) is 0 Å². The third-order valence-corrected chi connectivity index (χ3v) is 5.16. The van der Waals surface area contributed by atoms with Crippen molar-refractivity contribution in [2.45, 2.75) is 4.90 Å². The van der Waals surface area contributed by atoms with Crippen LogP contribution in [0.1, 0.15) is 15.9 Å². The van der Waals surface area contributed by atoms with Crippen molar-refractivity contribution in [2.24, 2.45) is 0 Å². The van der Waals surface area contributed by atoms with E-state index in [9.17, 15) is 4.79 Å². The van der Waals surface area contributed by atoms with Gasteiger partial charge < -0.3 is 0 Å². The van der Waals surface area contributed by atoms with Crippen molar-refractivity contribution >= 4 is 32.3 Å². The zero-order chi connectivity index (χ0) is 12.4. The second kappa shape index (κ2) is 5.04. The van der Waals surface area contributed by atoms with E-state index >= 15 is 0 Å². The number of rotatable bonds is 2. The van der Waals surface area contributed by atoms with Crippen LogP contribution < -0.4 is 0 Å². The Morgan fingerprint density at radius 2 is 1.61 bits per heavy atom. The summed E-state index contributed by atoms with van der Waals surface area (Å²) < 4.78 is 0. The molecule has 0 aromatic heterocycles. The van der Waals surface area contributed by atoms with E-state index in [2.05, 4.69) is 12.1 Å². The Balaban J connectivity index is 1.93. The van der Waals surface area contributed by atoms with E-state index in [1.54, 1.807) is 27.7 Å². The summed E-state index contributed by atoms with van der Waals surface area (Å²) in [6.07, 6.45) is 1.73. The van der Waals surface area contributed by atoms with Crippen LogP contribution in [0.2, 0.25) is 0 Å². The molecule has 88 valence electrons. The SMILES string of the molecule is O=C(/C=C1\SSc2ccccc21)c1ccccc1. The number of hydrogen-bond acceptors (Lipinski definition) is 3. The largest absolute Gasteiger partial charge is 0.289 e. The van der Waals surface area contributed by atoms with E-state index in [-0.39, 0.29) is 5.78 Å². The van der Waals surface area contributed by atoms with Gasteiger partial charge in [-0.3, -0.25) is 4.79 Å². The zero-order valence-electron chi connectivity index (χ0n) is 9.50. The Kier molecular flexibility index (Phi) is 3.26. The maximum absolute atomic E-state index is 12.1.